The van der Waals surface area contributed by atoms with Crippen molar-refractivity contribution < 1.29 is 9.53 Å². The number of fused-ring (bicyclic) bond motifs is 2. The van der Waals surface area contributed by atoms with Crippen LogP contribution in [0.3, 0.4) is 0 Å². The maximum absolute atomic E-state index is 12.3. The zero-order valence-electron chi connectivity index (χ0n) is 19.1. The maximum Gasteiger partial charge on any atom is 0.410 e. The van der Waals surface area contributed by atoms with Crippen molar-refractivity contribution in [2.75, 3.05) is 13.1 Å². The third-order valence-electron chi connectivity index (χ3n) is 5.73. The monoisotopic (exact) mass is 452 g/mol. The van der Waals surface area contributed by atoms with Gasteiger partial charge in [0.25, 0.3) is 0 Å². The summed E-state index contributed by atoms with van der Waals surface area (Å²) in [5, 5.41) is 5.73. The zero-order chi connectivity index (χ0) is 22.6. The Bertz CT molecular complexity index is 1270. The van der Waals surface area contributed by atoms with Crippen LogP contribution in [0.1, 0.15) is 56.5 Å². The van der Waals surface area contributed by atoms with Crippen LogP contribution < -0.4 is 0 Å². The minimum Gasteiger partial charge on any atom is -0.444 e. The minimum absolute atomic E-state index is 0.228. The van der Waals surface area contributed by atoms with Gasteiger partial charge in [0.2, 0.25) is 4.96 Å². The minimum atomic E-state index is -0.467. The summed E-state index contributed by atoms with van der Waals surface area (Å²) < 4.78 is 9.45. The van der Waals surface area contributed by atoms with Crippen molar-refractivity contribution in [1.29, 1.82) is 0 Å². The highest BCUT2D eigenvalue weighted by atomic mass is 32.1. The molecule has 0 aliphatic carbocycles. The number of likely N-dealkylation sites (tertiary alicyclic amines) is 1. The zero-order valence-corrected chi connectivity index (χ0v) is 19.9. The number of aromatic nitrogens is 5. The van der Waals surface area contributed by atoms with Crippen LogP contribution in [-0.4, -0.2) is 53.7 Å². The van der Waals surface area contributed by atoms with E-state index in [4.69, 9.17) is 14.8 Å². The van der Waals surface area contributed by atoms with Crippen molar-refractivity contribution >= 4 is 28.0 Å². The number of rotatable bonds is 2. The van der Waals surface area contributed by atoms with E-state index in [9.17, 15) is 4.79 Å². The molecule has 8 nitrogen and oxygen atoms in total. The highest BCUT2D eigenvalue weighted by Gasteiger charge is 2.29. The first-order valence-electron chi connectivity index (χ1n) is 11.0. The third kappa shape index (κ3) is 3.97. The number of hydrogen-bond donors (Lipinski definition) is 0. The van der Waals surface area contributed by atoms with Crippen LogP contribution >= 0.6 is 11.3 Å². The molecule has 5 heterocycles. The first-order valence-corrected chi connectivity index (χ1v) is 11.8. The number of carbonyl (C=O) groups excluding carboxylic acids is 1. The molecular formula is C23H28N6O2S. The topological polar surface area (TPSA) is 77.0 Å². The molecule has 0 aromatic carbocycles. The Morgan fingerprint density at radius 3 is 2.56 bits per heavy atom. The molecule has 0 N–H and O–H groups in total. The van der Waals surface area contributed by atoms with E-state index >= 15 is 0 Å². The molecule has 1 amide bonds. The summed E-state index contributed by atoms with van der Waals surface area (Å²) in [6, 6.07) is 2.13. The van der Waals surface area contributed by atoms with E-state index in [2.05, 4.69) is 28.6 Å². The van der Waals surface area contributed by atoms with Gasteiger partial charge in [-0.15, -0.1) is 0 Å². The Morgan fingerprint density at radius 1 is 1.12 bits per heavy atom. The molecule has 0 bridgehead atoms. The van der Waals surface area contributed by atoms with Gasteiger partial charge in [-0.05, 0) is 59.1 Å². The molecule has 0 spiro atoms. The fourth-order valence-corrected chi connectivity index (χ4v) is 5.09. The fourth-order valence-electron chi connectivity index (χ4n) is 4.22. The Morgan fingerprint density at radius 2 is 1.88 bits per heavy atom. The summed E-state index contributed by atoms with van der Waals surface area (Å²) >= 11 is 1.59. The quantitative estimate of drug-likeness (QED) is 0.435. The normalized spacial score (nSPS) is 15.7. The van der Waals surface area contributed by atoms with Gasteiger partial charge in [-0.2, -0.15) is 5.10 Å². The van der Waals surface area contributed by atoms with Gasteiger partial charge >= 0.3 is 6.09 Å². The van der Waals surface area contributed by atoms with E-state index in [1.54, 1.807) is 16.2 Å². The first-order chi connectivity index (χ1) is 15.2. The lowest BCUT2D eigenvalue weighted by molar-refractivity contribution is 0.0204. The molecular weight excluding hydrogens is 424 g/mol. The predicted octanol–water partition coefficient (Wildman–Crippen LogP) is 4.84. The summed E-state index contributed by atoms with van der Waals surface area (Å²) in [5.41, 5.74) is 4.76. The van der Waals surface area contributed by atoms with E-state index in [0.29, 0.717) is 19.0 Å². The smallest absolute Gasteiger partial charge is 0.410 e. The van der Waals surface area contributed by atoms with E-state index < -0.39 is 5.60 Å². The van der Waals surface area contributed by atoms with Crippen LogP contribution in [0.5, 0.6) is 0 Å². The number of ether oxygens (including phenoxy) is 1. The second kappa shape index (κ2) is 7.58. The standard InChI is InChI=1S/C23H28N6O2S/c1-14-10-17(12-28-11-15(2)24-19(14)28)20-26-29-13-18(25-21(29)32-20)16-6-8-27(9-7-16)22(30)31-23(3,4)5/h10-13,16H,6-9H2,1-5H3. The van der Waals surface area contributed by atoms with Crippen molar-refractivity contribution in [2.45, 2.75) is 59.0 Å². The van der Waals surface area contributed by atoms with E-state index in [-0.39, 0.29) is 6.09 Å². The largest absolute Gasteiger partial charge is 0.444 e. The lowest BCUT2D eigenvalue weighted by Gasteiger charge is -2.32. The summed E-state index contributed by atoms with van der Waals surface area (Å²) in [7, 11) is 0. The van der Waals surface area contributed by atoms with Crippen molar-refractivity contribution in [3.05, 3.63) is 41.6 Å². The number of nitrogens with zero attached hydrogens (tertiary/aromatic N) is 6. The van der Waals surface area contributed by atoms with Crippen molar-refractivity contribution in [3.63, 3.8) is 0 Å². The number of pyridine rings is 1. The molecule has 32 heavy (non-hydrogen) atoms. The van der Waals surface area contributed by atoms with Crippen LogP contribution in [0.15, 0.2) is 24.7 Å². The molecule has 1 aliphatic rings. The summed E-state index contributed by atoms with van der Waals surface area (Å²) in [5.74, 6) is 0.332. The van der Waals surface area contributed by atoms with E-state index in [0.717, 1.165) is 51.0 Å². The fraction of sp³-hybridized carbons (Fsp3) is 0.478. The van der Waals surface area contributed by atoms with Gasteiger partial charge in [0.1, 0.15) is 16.3 Å². The van der Waals surface area contributed by atoms with Crippen LogP contribution in [0.4, 0.5) is 4.79 Å². The van der Waals surface area contributed by atoms with Gasteiger partial charge in [0.15, 0.2) is 0 Å². The second-order valence-corrected chi connectivity index (χ2v) is 10.5. The highest BCUT2D eigenvalue weighted by molar-refractivity contribution is 7.19. The molecule has 5 rings (SSSR count). The predicted molar refractivity (Wildman–Crippen MR) is 124 cm³/mol. The average Bonchev–Trinajstić information content (AvgIpc) is 3.39. The maximum atomic E-state index is 12.3. The molecule has 0 radical (unpaired) electrons. The van der Waals surface area contributed by atoms with Crippen LogP contribution in [-0.2, 0) is 4.74 Å². The second-order valence-electron chi connectivity index (χ2n) is 9.57. The number of imidazole rings is 2. The first kappa shape index (κ1) is 20.9. The van der Waals surface area contributed by atoms with Crippen LogP contribution in [0.2, 0.25) is 0 Å². The van der Waals surface area contributed by atoms with Crippen molar-refractivity contribution in [1.82, 2.24) is 28.9 Å². The molecule has 1 fully saturated rings. The SMILES string of the molecule is Cc1cn2cc(-c3nn4cc(C5CCN(C(=O)OC(C)(C)C)CC5)nc4s3)cc(C)c2n1. The molecule has 1 aliphatic heterocycles. The van der Waals surface area contributed by atoms with Crippen molar-refractivity contribution in [2.24, 2.45) is 0 Å². The van der Waals surface area contributed by atoms with Crippen molar-refractivity contribution in [3.8, 4) is 10.6 Å². The summed E-state index contributed by atoms with van der Waals surface area (Å²) in [4.78, 5) is 24.4. The van der Waals surface area contributed by atoms with Gasteiger partial charge in [-0.3, -0.25) is 0 Å². The molecule has 1 saturated heterocycles. The average molecular weight is 453 g/mol. The van der Waals surface area contributed by atoms with Gasteiger partial charge in [0.05, 0.1) is 17.6 Å². The Balaban J connectivity index is 1.31. The Kier molecular flexibility index (Phi) is 4.96. The third-order valence-corrected chi connectivity index (χ3v) is 6.70. The van der Waals surface area contributed by atoms with Gasteiger partial charge in [-0.1, -0.05) is 11.3 Å². The molecule has 0 atom stereocenters. The number of carbonyl (C=O) groups is 1. The van der Waals surface area contributed by atoms with E-state index in [1.807, 2.05) is 44.6 Å². The molecule has 0 unspecified atom stereocenters. The number of amides is 1. The van der Waals surface area contributed by atoms with Crippen LogP contribution in [0.25, 0.3) is 21.2 Å². The summed E-state index contributed by atoms with van der Waals surface area (Å²) in [6.07, 6.45) is 7.68. The Labute approximate surface area is 190 Å². The molecule has 4 aromatic rings. The molecule has 168 valence electrons. The van der Waals surface area contributed by atoms with Crippen LogP contribution in [0, 0.1) is 13.8 Å². The molecule has 9 heteroatoms. The highest BCUT2D eigenvalue weighted by Crippen LogP contribution is 2.32. The lowest BCUT2D eigenvalue weighted by atomic mass is 9.94. The number of hydrogen-bond acceptors (Lipinski definition) is 6. The van der Waals surface area contributed by atoms with E-state index in [1.165, 1.54) is 0 Å². The van der Waals surface area contributed by atoms with Gasteiger partial charge in [0, 0.05) is 37.0 Å². The molecule has 0 saturated carbocycles. The lowest BCUT2D eigenvalue weighted by Crippen LogP contribution is -2.41. The number of aryl methyl sites for hydroxylation is 2. The molecule has 4 aromatic heterocycles. The van der Waals surface area contributed by atoms with Gasteiger partial charge < -0.3 is 14.0 Å². The summed E-state index contributed by atoms with van der Waals surface area (Å²) in [6.45, 7) is 11.1. The Hall–Kier alpha value is -2.94. The number of piperidine rings is 1. The van der Waals surface area contributed by atoms with Gasteiger partial charge in [-0.25, -0.2) is 19.3 Å².